The zero-order chi connectivity index (χ0) is 20.1. The molecule has 3 rings (SSSR count). The molecule has 0 radical (unpaired) electrons. The molecule has 1 N–H and O–H groups in total. The van der Waals surface area contributed by atoms with Crippen molar-refractivity contribution in [1.82, 2.24) is 9.88 Å². The van der Waals surface area contributed by atoms with E-state index in [0.29, 0.717) is 43.2 Å². The fraction of sp³-hybridized carbons (Fsp3) is 0.318. The monoisotopic (exact) mass is 379 g/mol. The topological polar surface area (TPSA) is 71.5 Å². The molecule has 1 aromatic heterocycles. The lowest BCUT2D eigenvalue weighted by molar-refractivity contribution is -0.130. The Kier molecular flexibility index (Phi) is 6.09. The number of hydrogen-bond donors (Lipinski definition) is 1. The molecular weight excluding hydrogens is 354 g/mol. The summed E-state index contributed by atoms with van der Waals surface area (Å²) in [6.07, 6.45) is 4.31. The van der Waals surface area contributed by atoms with E-state index >= 15 is 0 Å². The second-order valence-corrected chi connectivity index (χ2v) is 7.05. The van der Waals surface area contributed by atoms with Gasteiger partial charge in [-0.15, -0.1) is 0 Å². The van der Waals surface area contributed by atoms with Crippen LogP contribution in [0.15, 0.2) is 49.2 Å². The number of nitrogens with zero attached hydrogens (tertiary/aromatic N) is 2. The molecule has 1 fully saturated rings. The Morgan fingerprint density at radius 3 is 2.64 bits per heavy atom. The lowest BCUT2D eigenvalue weighted by atomic mass is 9.95. The second kappa shape index (κ2) is 8.69. The summed E-state index contributed by atoms with van der Waals surface area (Å²) in [5, 5.41) is 2.97. The van der Waals surface area contributed by atoms with Crippen molar-refractivity contribution < 1.29 is 14.3 Å². The minimum absolute atomic E-state index is 0.0332. The molecule has 6 nitrogen and oxygen atoms in total. The maximum atomic E-state index is 12.6. The normalized spacial score (nSPS) is 14.4. The average Bonchev–Trinajstić information content (AvgIpc) is 2.70. The van der Waals surface area contributed by atoms with Crippen LogP contribution in [0.4, 0.5) is 5.69 Å². The predicted octanol–water partition coefficient (Wildman–Crippen LogP) is 3.85. The third-order valence-electron chi connectivity index (χ3n) is 4.91. The second-order valence-electron chi connectivity index (χ2n) is 7.05. The number of benzene rings is 1. The van der Waals surface area contributed by atoms with Crippen molar-refractivity contribution in [3.8, 4) is 11.6 Å². The predicted molar refractivity (Wildman–Crippen MR) is 108 cm³/mol. The molecule has 1 aromatic carbocycles. The highest BCUT2D eigenvalue weighted by atomic mass is 16.5. The standard InChI is InChI=1S/C22H25N3O3/c1-4-21(26)25-11-8-17(9-12-25)22(27)24-18-6-5-16(3)19(14-18)28-20-13-15(2)7-10-23-20/h4-7,10,13-14,17H,1,8-9,11-12H2,2-3H3,(H,24,27). The minimum atomic E-state index is -0.113. The molecule has 146 valence electrons. The smallest absolute Gasteiger partial charge is 0.245 e. The Labute approximate surface area is 165 Å². The number of anilines is 1. The first-order chi connectivity index (χ1) is 13.5. The summed E-state index contributed by atoms with van der Waals surface area (Å²) >= 11 is 0. The molecule has 1 aliphatic heterocycles. The molecule has 0 bridgehead atoms. The lowest BCUT2D eigenvalue weighted by Gasteiger charge is -2.30. The minimum Gasteiger partial charge on any atom is -0.439 e. The number of likely N-dealkylation sites (tertiary alicyclic amines) is 1. The van der Waals surface area contributed by atoms with Crippen LogP contribution in [0.3, 0.4) is 0 Å². The van der Waals surface area contributed by atoms with Crippen LogP contribution in [0.1, 0.15) is 24.0 Å². The van der Waals surface area contributed by atoms with Gasteiger partial charge < -0.3 is 15.0 Å². The summed E-state index contributed by atoms with van der Waals surface area (Å²) in [7, 11) is 0. The SMILES string of the molecule is C=CC(=O)N1CCC(C(=O)Nc2ccc(C)c(Oc3cc(C)ccn3)c2)CC1. The van der Waals surface area contributed by atoms with E-state index in [1.165, 1.54) is 6.08 Å². The lowest BCUT2D eigenvalue weighted by Crippen LogP contribution is -2.40. The fourth-order valence-electron chi connectivity index (χ4n) is 3.20. The number of piperidine rings is 1. The van der Waals surface area contributed by atoms with Gasteiger partial charge in [-0.25, -0.2) is 4.98 Å². The van der Waals surface area contributed by atoms with Crippen LogP contribution in [0.2, 0.25) is 0 Å². The molecule has 28 heavy (non-hydrogen) atoms. The van der Waals surface area contributed by atoms with Crippen LogP contribution < -0.4 is 10.1 Å². The van der Waals surface area contributed by atoms with Crippen LogP contribution in [-0.4, -0.2) is 34.8 Å². The summed E-state index contributed by atoms with van der Waals surface area (Å²) < 4.78 is 5.89. The number of ether oxygens (including phenoxy) is 1. The van der Waals surface area contributed by atoms with Crippen molar-refractivity contribution in [2.45, 2.75) is 26.7 Å². The Bertz CT molecular complexity index is 886. The molecule has 6 heteroatoms. The Morgan fingerprint density at radius 2 is 1.96 bits per heavy atom. The Morgan fingerprint density at radius 1 is 1.21 bits per heavy atom. The molecule has 2 aromatic rings. The molecule has 0 saturated carbocycles. The van der Waals surface area contributed by atoms with Gasteiger partial charge in [0.2, 0.25) is 17.7 Å². The molecule has 1 saturated heterocycles. The van der Waals surface area contributed by atoms with Gasteiger partial charge in [-0.3, -0.25) is 9.59 Å². The van der Waals surface area contributed by atoms with Crippen molar-refractivity contribution in [2.75, 3.05) is 18.4 Å². The maximum absolute atomic E-state index is 12.6. The van der Waals surface area contributed by atoms with Gasteiger partial charge in [-0.1, -0.05) is 12.6 Å². The van der Waals surface area contributed by atoms with E-state index in [4.69, 9.17) is 4.74 Å². The molecule has 0 aliphatic carbocycles. The van der Waals surface area contributed by atoms with Gasteiger partial charge in [0.05, 0.1) is 0 Å². The molecule has 2 heterocycles. The quantitative estimate of drug-likeness (QED) is 0.801. The van der Waals surface area contributed by atoms with Crippen LogP contribution in [-0.2, 0) is 9.59 Å². The third-order valence-corrected chi connectivity index (χ3v) is 4.91. The van der Waals surface area contributed by atoms with Gasteiger partial charge in [-0.2, -0.15) is 0 Å². The molecule has 2 amide bonds. The molecule has 0 spiro atoms. The van der Waals surface area contributed by atoms with Gasteiger partial charge in [-0.05, 0) is 56.0 Å². The Hall–Kier alpha value is -3.15. The van der Waals surface area contributed by atoms with Gasteiger partial charge in [0.25, 0.3) is 0 Å². The zero-order valence-electron chi connectivity index (χ0n) is 16.3. The van der Waals surface area contributed by atoms with E-state index in [2.05, 4.69) is 16.9 Å². The first-order valence-corrected chi connectivity index (χ1v) is 9.39. The van der Waals surface area contributed by atoms with E-state index in [0.717, 1.165) is 11.1 Å². The van der Waals surface area contributed by atoms with E-state index in [-0.39, 0.29) is 17.7 Å². The van der Waals surface area contributed by atoms with Crippen molar-refractivity contribution in [1.29, 1.82) is 0 Å². The number of aromatic nitrogens is 1. The number of carbonyl (C=O) groups is 2. The van der Waals surface area contributed by atoms with E-state index in [1.807, 2.05) is 44.2 Å². The van der Waals surface area contributed by atoms with Crippen molar-refractivity contribution in [3.63, 3.8) is 0 Å². The fourth-order valence-corrected chi connectivity index (χ4v) is 3.20. The maximum Gasteiger partial charge on any atom is 0.245 e. The number of carbonyl (C=O) groups excluding carboxylic acids is 2. The Balaban J connectivity index is 1.64. The summed E-state index contributed by atoms with van der Waals surface area (Å²) in [6, 6.07) is 9.35. The summed E-state index contributed by atoms with van der Waals surface area (Å²) in [5.74, 6) is 0.948. The third kappa shape index (κ3) is 4.76. The van der Waals surface area contributed by atoms with Gasteiger partial charge in [0.1, 0.15) is 5.75 Å². The largest absolute Gasteiger partial charge is 0.439 e. The van der Waals surface area contributed by atoms with E-state index in [9.17, 15) is 9.59 Å². The molecule has 0 unspecified atom stereocenters. The van der Waals surface area contributed by atoms with Crippen LogP contribution >= 0.6 is 0 Å². The van der Waals surface area contributed by atoms with Crippen molar-refractivity contribution in [2.24, 2.45) is 5.92 Å². The molecular formula is C22H25N3O3. The van der Waals surface area contributed by atoms with E-state index < -0.39 is 0 Å². The van der Waals surface area contributed by atoms with Crippen LogP contribution in [0.25, 0.3) is 0 Å². The number of aryl methyl sites for hydroxylation is 2. The summed E-state index contributed by atoms with van der Waals surface area (Å²) in [5.41, 5.74) is 2.70. The highest BCUT2D eigenvalue weighted by Crippen LogP contribution is 2.28. The van der Waals surface area contributed by atoms with Crippen LogP contribution in [0, 0.1) is 19.8 Å². The zero-order valence-corrected chi connectivity index (χ0v) is 16.3. The number of pyridine rings is 1. The summed E-state index contributed by atoms with van der Waals surface area (Å²) in [4.78, 5) is 30.2. The molecule has 0 atom stereocenters. The van der Waals surface area contributed by atoms with Gasteiger partial charge in [0, 0.05) is 43.0 Å². The average molecular weight is 379 g/mol. The first kappa shape index (κ1) is 19.6. The number of hydrogen-bond acceptors (Lipinski definition) is 4. The van der Waals surface area contributed by atoms with Gasteiger partial charge in [0.15, 0.2) is 0 Å². The number of nitrogens with one attached hydrogen (secondary N) is 1. The van der Waals surface area contributed by atoms with Crippen LogP contribution in [0.5, 0.6) is 11.6 Å². The van der Waals surface area contributed by atoms with Crippen molar-refractivity contribution in [3.05, 3.63) is 60.3 Å². The first-order valence-electron chi connectivity index (χ1n) is 9.39. The highest BCUT2D eigenvalue weighted by Gasteiger charge is 2.26. The van der Waals surface area contributed by atoms with Gasteiger partial charge >= 0.3 is 0 Å². The summed E-state index contributed by atoms with van der Waals surface area (Å²) in [6.45, 7) is 8.58. The molecule has 1 aliphatic rings. The van der Waals surface area contributed by atoms with E-state index in [1.54, 1.807) is 11.1 Å². The number of rotatable bonds is 5. The van der Waals surface area contributed by atoms with Crippen molar-refractivity contribution >= 4 is 17.5 Å². The highest BCUT2D eigenvalue weighted by molar-refractivity contribution is 5.93. The number of amides is 2.